The molecule has 0 aliphatic carbocycles. The largest absolute Gasteiger partial charge is 0.329 e. The van der Waals surface area contributed by atoms with E-state index in [0.717, 1.165) is 16.6 Å². The third kappa shape index (κ3) is 3.76. The van der Waals surface area contributed by atoms with Crippen LogP contribution in [0.25, 0.3) is 11.0 Å². The van der Waals surface area contributed by atoms with Crippen molar-refractivity contribution in [2.45, 2.75) is 17.9 Å². The normalized spacial score (nSPS) is 12.9. The van der Waals surface area contributed by atoms with E-state index in [2.05, 4.69) is 9.71 Å². The number of benzene rings is 2. The van der Waals surface area contributed by atoms with Gasteiger partial charge in [0.15, 0.2) is 0 Å². The first-order valence-electron chi connectivity index (χ1n) is 8.97. The number of aromatic nitrogens is 3. The first-order chi connectivity index (χ1) is 13.9. The van der Waals surface area contributed by atoms with Crippen LogP contribution in [0, 0.1) is 6.92 Å². The van der Waals surface area contributed by atoms with E-state index in [4.69, 9.17) is 16.6 Å². The minimum absolute atomic E-state index is 0.0547. The molecule has 8 heteroatoms. The van der Waals surface area contributed by atoms with Crippen molar-refractivity contribution in [1.82, 2.24) is 19.3 Å². The van der Waals surface area contributed by atoms with E-state index in [1.807, 2.05) is 66.2 Å². The predicted octanol–water partition coefficient (Wildman–Crippen LogP) is 4.00. The smallest absolute Gasteiger partial charge is 0.243 e. The zero-order chi connectivity index (χ0) is 20.6. The van der Waals surface area contributed by atoms with Crippen LogP contribution in [0.15, 0.2) is 71.8 Å². The lowest BCUT2D eigenvalue weighted by atomic mass is 10.1. The number of fused-ring (bicyclic) bond motifs is 1. The standard InChI is InChI=1S/C21H19ClN4O2S/c1-14-12-16(13-23-20(14)22)29(27,28)25-19(15-8-4-3-5-9-15)21-24-17-10-6-7-11-18(17)26(21)2/h3-13,19,25H,1-2H3. The number of hydrogen-bond donors (Lipinski definition) is 1. The Morgan fingerprint density at radius 3 is 2.45 bits per heavy atom. The van der Waals surface area contributed by atoms with Gasteiger partial charge in [-0.3, -0.25) is 0 Å². The van der Waals surface area contributed by atoms with E-state index in [9.17, 15) is 8.42 Å². The summed E-state index contributed by atoms with van der Waals surface area (Å²) in [5, 5.41) is 0.277. The Kier molecular flexibility index (Phi) is 5.12. The van der Waals surface area contributed by atoms with E-state index in [0.29, 0.717) is 11.4 Å². The van der Waals surface area contributed by atoms with Crippen molar-refractivity contribution in [3.8, 4) is 0 Å². The molecule has 0 amide bonds. The molecule has 6 nitrogen and oxygen atoms in total. The van der Waals surface area contributed by atoms with E-state index in [-0.39, 0.29) is 10.0 Å². The van der Waals surface area contributed by atoms with Gasteiger partial charge in [-0.25, -0.2) is 18.4 Å². The maximum Gasteiger partial charge on any atom is 0.243 e. The van der Waals surface area contributed by atoms with Gasteiger partial charge in [0.1, 0.15) is 21.9 Å². The van der Waals surface area contributed by atoms with Crippen LogP contribution in [0.1, 0.15) is 23.0 Å². The van der Waals surface area contributed by atoms with Gasteiger partial charge in [0.25, 0.3) is 0 Å². The molecule has 2 heterocycles. The first kappa shape index (κ1) is 19.6. The van der Waals surface area contributed by atoms with Crippen LogP contribution in [0.5, 0.6) is 0 Å². The number of rotatable bonds is 5. The molecular weight excluding hydrogens is 408 g/mol. The lowest BCUT2D eigenvalue weighted by Crippen LogP contribution is -2.31. The SMILES string of the molecule is Cc1cc(S(=O)(=O)NC(c2ccccc2)c2nc3ccccc3n2C)cnc1Cl. The minimum Gasteiger partial charge on any atom is -0.329 e. The summed E-state index contributed by atoms with van der Waals surface area (Å²) in [5.74, 6) is 0.597. The summed E-state index contributed by atoms with van der Waals surface area (Å²) in [7, 11) is -2.00. The highest BCUT2D eigenvalue weighted by Crippen LogP contribution is 2.27. The number of hydrogen-bond acceptors (Lipinski definition) is 4. The van der Waals surface area contributed by atoms with Crippen molar-refractivity contribution in [3.05, 3.63) is 89.0 Å². The predicted molar refractivity (Wildman–Crippen MR) is 113 cm³/mol. The molecule has 1 atom stereocenters. The molecule has 0 saturated heterocycles. The lowest BCUT2D eigenvalue weighted by molar-refractivity contribution is 0.563. The molecule has 0 aliphatic rings. The van der Waals surface area contributed by atoms with Crippen LogP contribution in [-0.2, 0) is 17.1 Å². The molecule has 29 heavy (non-hydrogen) atoms. The molecule has 2 aromatic carbocycles. The number of para-hydroxylation sites is 2. The van der Waals surface area contributed by atoms with E-state index in [1.165, 1.54) is 12.3 Å². The summed E-state index contributed by atoms with van der Waals surface area (Å²) in [6.45, 7) is 1.72. The third-order valence-electron chi connectivity index (χ3n) is 4.79. The molecule has 0 aliphatic heterocycles. The zero-order valence-electron chi connectivity index (χ0n) is 15.9. The van der Waals surface area contributed by atoms with E-state index in [1.54, 1.807) is 6.92 Å². The second kappa shape index (κ2) is 7.59. The summed E-state index contributed by atoms with van der Waals surface area (Å²) < 4.78 is 31.0. The summed E-state index contributed by atoms with van der Waals surface area (Å²) in [6, 6.07) is 17.9. The lowest BCUT2D eigenvalue weighted by Gasteiger charge is -2.19. The highest BCUT2D eigenvalue weighted by Gasteiger charge is 2.27. The van der Waals surface area contributed by atoms with Crippen molar-refractivity contribution < 1.29 is 8.42 Å². The highest BCUT2D eigenvalue weighted by molar-refractivity contribution is 7.89. The molecule has 0 bridgehead atoms. The van der Waals surface area contributed by atoms with Gasteiger partial charge in [0.05, 0.1) is 11.0 Å². The molecule has 0 saturated carbocycles. The Labute approximate surface area is 174 Å². The molecule has 0 spiro atoms. The van der Waals surface area contributed by atoms with Crippen LogP contribution in [0.4, 0.5) is 0 Å². The molecule has 0 radical (unpaired) electrons. The fraction of sp³-hybridized carbons (Fsp3) is 0.143. The van der Waals surface area contributed by atoms with Gasteiger partial charge in [-0.1, -0.05) is 54.1 Å². The number of halogens is 1. The number of nitrogens with zero attached hydrogens (tertiary/aromatic N) is 3. The van der Waals surface area contributed by atoms with E-state index < -0.39 is 16.1 Å². The maximum absolute atomic E-state index is 13.1. The number of nitrogens with one attached hydrogen (secondary N) is 1. The van der Waals surface area contributed by atoms with Crippen LogP contribution < -0.4 is 4.72 Å². The molecule has 4 rings (SSSR count). The summed E-state index contributed by atoms with van der Waals surface area (Å²) in [5.41, 5.74) is 3.10. The summed E-state index contributed by atoms with van der Waals surface area (Å²) in [4.78, 5) is 8.73. The molecule has 2 aromatic heterocycles. The zero-order valence-corrected chi connectivity index (χ0v) is 17.4. The van der Waals surface area contributed by atoms with Crippen molar-refractivity contribution >= 4 is 32.7 Å². The number of imidazole rings is 1. The fourth-order valence-corrected chi connectivity index (χ4v) is 4.55. The monoisotopic (exact) mass is 426 g/mol. The molecule has 148 valence electrons. The Balaban J connectivity index is 1.83. The maximum atomic E-state index is 13.1. The Morgan fingerprint density at radius 2 is 1.76 bits per heavy atom. The summed E-state index contributed by atoms with van der Waals surface area (Å²) in [6.07, 6.45) is 1.26. The fourth-order valence-electron chi connectivity index (χ4n) is 3.24. The quantitative estimate of drug-likeness (QED) is 0.489. The van der Waals surface area contributed by atoms with Crippen LogP contribution in [-0.4, -0.2) is 23.0 Å². The number of pyridine rings is 1. The van der Waals surface area contributed by atoms with Gasteiger partial charge in [-0.05, 0) is 36.2 Å². The van der Waals surface area contributed by atoms with Crippen LogP contribution >= 0.6 is 11.6 Å². The molecule has 0 fully saturated rings. The van der Waals surface area contributed by atoms with Crippen molar-refractivity contribution in [1.29, 1.82) is 0 Å². The highest BCUT2D eigenvalue weighted by atomic mass is 35.5. The van der Waals surface area contributed by atoms with Gasteiger partial charge in [0, 0.05) is 13.2 Å². The van der Waals surface area contributed by atoms with Crippen molar-refractivity contribution in [3.63, 3.8) is 0 Å². The Morgan fingerprint density at radius 1 is 1.07 bits per heavy atom. The van der Waals surface area contributed by atoms with Gasteiger partial charge in [-0.15, -0.1) is 0 Å². The average Bonchev–Trinajstić information content (AvgIpc) is 3.05. The van der Waals surface area contributed by atoms with Crippen LogP contribution in [0.2, 0.25) is 5.15 Å². The molecular formula is C21H19ClN4O2S. The van der Waals surface area contributed by atoms with Gasteiger partial charge in [-0.2, -0.15) is 4.72 Å². The Bertz CT molecular complexity index is 1290. The third-order valence-corrected chi connectivity index (χ3v) is 6.57. The van der Waals surface area contributed by atoms with Crippen molar-refractivity contribution in [2.75, 3.05) is 0 Å². The molecule has 4 aromatic rings. The number of aryl methyl sites for hydroxylation is 2. The second-order valence-corrected chi connectivity index (χ2v) is 8.83. The van der Waals surface area contributed by atoms with Gasteiger partial charge >= 0.3 is 0 Å². The first-order valence-corrected chi connectivity index (χ1v) is 10.8. The Hall–Kier alpha value is -2.74. The number of sulfonamides is 1. The average molecular weight is 427 g/mol. The van der Waals surface area contributed by atoms with Crippen LogP contribution in [0.3, 0.4) is 0 Å². The molecule has 1 N–H and O–H groups in total. The molecule has 1 unspecified atom stereocenters. The second-order valence-electron chi connectivity index (χ2n) is 6.76. The van der Waals surface area contributed by atoms with Gasteiger partial charge < -0.3 is 4.57 Å². The summed E-state index contributed by atoms with van der Waals surface area (Å²) >= 11 is 5.95. The topological polar surface area (TPSA) is 76.9 Å². The minimum atomic E-state index is -3.87. The van der Waals surface area contributed by atoms with Gasteiger partial charge in [0.2, 0.25) is 10.0 Å². The van der Waals surface area contributed by atoms with E-state index >= 15 is 0 Å². The van der Waals surface area contributed by atoms with Crippen molar-refractivity contribution in [2.24, 2.45) is 7.05 Å².